The molecule has 1 N–H and O–H groups in total. The number of hydrogen-bond acceptors (Lipinski definition) is 3. The van der Waals surface area contributed by atoms with Gasteiger partial charge in [-0.15, -0.1) is 0 Å². The normalized spacial score (nSPS) is 11.2. The topological polar surface area (TPSA) is 59.3 Å². The molecule has 0 fully saturated rings. The molecule has 0 spiro atoms. The van der Waals surface area contributed by atoms with Crippen LogP contribution in [0.15, 0.2) is 84.0 Å². The number of halogens is 1. The van der Waals surface area contributed by atoms with Gasteiger partial charge in [0.05, 0.1) is 17.2 Å². The zero-order chi connectivity index (χ0) is 20.1. The van der Waals surface area contributed by atoms with E-state index in [2.05, 4.69) is 22.7 Å². The maximum atomic E-state index is 12.5. The van der Waals surface area contributed by atoms with E-state index in [0.717, 1.165) is 28.0 Å². The summed E-state index contributed by atoms with van der Waals surface area (Å²) in [4.78, 5) is 17.2. The van der Waals surface area contributed by atoms with Crippen molar-refractivity contribution in [3.63, 3.8) is 0 Å². The third-order valence-electron chi connectivity index (χ3n) is 4.51. The number of hydrazone groups is 1. The third kappa shape index (κ3) is 4.70. The van der Waals surface area contributed by atoms with Crippen LogP contribution in [0.25, 0.3) is 11.0 Å². The van der Waals surface area contributed by atoms with E-state index >= 15 is 0 Å². The number of aromatic nitrogens is 2. The summed E-state index contributed by atoms with van der Waals surface area (Å²) in [7, 11) is 0. The summed E-state index contributed by atoms with van der Waals surface area (Å²) in [6, 6.07) is 25.1. The van der Waals surface area contributed by atoms with Gasteiger partial charge in [0.2, 0.25) is 0 Å². The van der Waals surface area contributed by atoms with Crippen molar-refractivity contribution in [3.8, 4) is 0 Å². The van der Waals surface area contributed by atoms with Gasteiger partial charge < -0.3 is 4.57 Å². The van der Waals surface area contributed by atoms with Gasteiger partial charge in [-0.05, 0) is 35.4 Å². The quantitative estimate of drug-likeness (QED) is 0.383. The molecule has 0 aliphatic carbocycles. The molecule has 4 rings (SSSR count). The molecule has 0 aliphatic heterocycles. The molecule has 1 heterocycles. The average molecular weight is 403 g/mol. The number of rotatable bonds is 6. The van der Waals surface area contributed by atoms with Crippen LogP contribution in [-0.2, 0) is 17.8 Å². The van der Waals surface area contributed by atoms with Crippen LogP contribution >= 0.6 is 11.6 Å². The van der Waals surface area contributed by atoms with Crippen LogP contribution in [0.1, 0.15) is 17.0 Å². The highest BCUT2D eigenvalue weighted by Crippen LogP contribution is 2.18. The molecule has 0 atom stereocenters. The highest BCUT2D eigenvalue weighted by molar-refractivity contribution is 6.30. The molecule has 0 unspecified atom stereocenters. The molecule has 1 aromatic heterocycles. The molecule has 0 aliphatic rings. The van der Waals surface area contributed by atoms with Crippen molar-refractivity contribution >= 4 is 34.8 Å². The van der Waals surface area contributed by atoms with Gasteiger partial charge in [-0.1, -0.05) is 66.2 Å². The Hall–Kier alpha value is -3.44. The molecule has 29 heavy (non-hydrogen) atoms. The Morgan fingerprint density at radius 2 is 1.72 bits per heavy atom. The van der Waals surface area contributed by atoms with E-state index in [1.54, 1.807) is 18.3 Å². The monoisotopic (exact) mass is 402 g/mol. The molecule has 6 heteroatoms. The number of benzene rings is 3. The molecule has 1 amide bonds. The first-order valence-corrected chi connectivity index (χ1v) is 9.62. The molecular weight excluding hydrogens is 384 g/mol. The fourth-order valence-electron chi connectivity index (χ4n) is 3.12. The van der Waals surface area contributed by atoms with E-state index in [1.165, 1.54) is 0 Å². The second-order valence-corrected chi connectivity index (χ2v) is 7.05. The highest BCUT2D eigenvalue weighted by Gasteiger charge is 2.13. The lowest BCUT2D eigenvalue weighted by Crippen LogP contribution is -2.24. The second-order valence-electron chi connectivity index (χ2n) is 6.61. The third-order valence-corrected chi connectivity index (χ3v) is 4.77. The molecule has 144 valence electrons. The Morgan fingerprint density at radius 3 is 2.52 bits per heavy atom. The van der Waals surface area contributed by atoms with Crippen LogP contribution in [0.4, 0.5) is 0 Å². The lowest BCUT2D eigenvalue weighted by atomic mass is 10.1. The van der Waals surface area contributed by atoms with Gasteiger partial charge in [-0.25, -0.2) is 10.4 Å². The first-order valence-electron chi connectivity index (χ1n) is 9.24. The van der Waals surface area contributed by atoms with Crippen molar-refractivity contribution in [1.29, 1.82) is 0 Å². The molecule has 0 saturated carbocycles. The van der Waals surface area contributed by atoms with Gasteiger partial charge in [0.15, 0.2) is 0 Å². The summed E-state index contributed by atoms with van der Waals surface area (Å²) in [5.41, 5.74) is 6.38. The predicted molar refractivity (Wildman–Crippen MR) is 116 cm³/mol. The fraction of sp³-hybridized carbons (Fsp3) is 0.0870. The second kappa shape index (κ2) is 8.71. The summed E-state index contributed by atoms with van der Waals surface area (Å²) < 4.78 is 1.94. The van der Waals surface area contributed by atoms with Crippen LogP contribution in [0.5, 0.6) is 0 Å². The van der Waals surface area contributed by atoms with Crippen molar-refractivity contribution < 1.29 is 4.79 Å². The number of carbonyl (C=O) groups excluding carboxylic acids is 1. The molecule has 0 saturated heterocycles. The van der Waals surface area contributed by atoms with Crippen LogP contribution in [0.3, 0.4) is 0 Å². The number of hydrogen-bond donors (Lipinski definition) is 1. The number of fused-ring (bicyclic) bond motifs is 1. The number of nitrogens with one attached hydrogen (secondary N) is 1. The number of para-hydroxylation sites is 2. The van der Waals surface area contributed by atoms with E-state index in [0.29, 0.717) is 11.4 Å². The molecule has 3 aromatic carbocycles. The van der Waals surface area contributed by atoms with Crippen molar-refractivity contribution in [3.05, 3.63) is 101 Å². The van der Waals surface area contributed by atoms with Crippen molar-refractivity contribution in [1.82, 2.24) is 15.0 Å². The van der Waals surface area contributed by atoms with Crippen LogP contribution in [-0.4, -0.2) is 21.7 Å². The van der Waals surface area contributed by atoms with Crippen molar-refractivity contribution in [2.75, 3.05) is 0 Å². The highest BCUT2D eigenvalue weighted by atomic mass is 35.5. The maximum absolute atomic E-state index is 12.5. The Labute approximate surface area is 173 Å². The van der Waals surface area contributed by atoms with Crippen molar-refractivity contribution in [2.24, 2.45) is 5.10 Å². The van der Waals surface area contributed by atoms with Gasteiger partial charge in [-0.2, -0.15) is 5.10 Å². The van der Waals surface area contributed by atoms with E-state index < -0.39 is 0 Å². The summed E-state index contributed by atoms with van der Waals surface area (Å²) in [6.45, 7) is 0.140. The lowest BCUT2D eigenvalue weighted by Gasteiger charge is -2.08. The zero-order valence-electron chi connectivity index (χ0n) is 15.6. The molecule has 5 nitrogen and oxygen atoms in total. The first-order chi connectivity index (χ1) is 14.2. The molecular formula is C23H19ClN4O. The standard InChI is InChI=1S/C23H19ClN4O/c24-19-12-10-18(11-13-19)15-25-27-23(29)16-28-21-9-5-4-8-20(21)26-22(28)14-17-6-2-1-3-7-17/h1-13,15H,14,16H2,(H,27,29). The molecule has 0 bridgehead atoms. The van der Waals surface area contributed by atoms with E-state index in [9.17, 15) is 4.79 Å². The minimum absolute atomic E-state index is 0.140. The summed E-state index contributed by atoms with van der Waals surface area (Å²) in [6.07, 6.45) is 2.24. The Bertz CT molecular complexity index is 1150. The predicted octanol–water partition coefficient (Wildman–Crippen LogP) is 4.43. The number of imidazole rings is 1. The van der Waals surface area contributed by atoms with Crippen molar-refractivity contribution in [2.45, 2.75) is 13.0 Å². The Morgan fingerprint density at radius 1 is 1.00 bits per heavy atom. The van der Waals surface area contributed by atoms with Crippen LogP contribution in [0.2, 0.25) is 5.02 Å². The van der Waals surface area contributed by atoms with E-state index in [-0.39, 0.29) is 12.5 Å². The smallest absolute Gasteiger partial charge is 0.260 e. The van der Waals surface area contributed by atoms with Gasteiger partial charge in [0.25, 0.3) is 5.91 Å². The lowest BCUT2D eigenvalue weighted by molar-refractivity contribution is -0.121. The van der Waals surface area contributed by atoms with Gasteiger partial charge in [0, 0.05) is 11.4 Å². The van der Waals surface area contributed by atoms with Gasteiger partial charge >= 0.3 is 0 Å². The maximum Gasteiger partial charge on any atom is 0.260 e. The number of nitrogens with zero attached hydrogens (tertiary/aromatic N) is 3. The van der Waals surface area contributed by atoms with E-state index in [1.807, 2.05) is 59.2 Å². The van der Waals surface area contributed by atoms with Gasteiger partial charge in [-0.3, -0.25) is 4.79 Å². The first kappa shape index (κ1) is 18.9. The van der Waals surface area contributed by atoms with Gasteiger partial charge in [0.1, 0.15) is 12.4 Å². The zero-order valence-corrected chi connectivity index (χ0v) is 16.4. The van der Waals surface area contributed by atoms with Crippen LogP contribution < -0.4 is 5.43 Å². The summed E-state index contributed by atoms with van der Waals surface area (Å²) in [5, 5.41) is 4.70. The Kier molecular flexibility index (Phi) is 5.68. The largest absolute Gasteiger partial charge is 0.318 e. The summed E-state index contributed by atoms with van der Waals surface area (Å²) >= 11 is 5.87. The number of amides is 1. The van der Waals surface area contributed by atoms with Crippen LogP contribution in [0, 0.1) is 0 Å². The summed E-state index contributed by atoms with van der Waals surface area (Å²) in [5.74, 6) is 0.627. The SMILES string of the molecule is O=C(Cn1c(Cc2ccccc2)nc2ccccc21)NN=Cc1ccc(Cl)cc1. The number of carbonyl (C=O) groups is 1. The fourth-order valence-corrected chi connectivity index (χ4v) is 3.25. The minimum atomic E-state index is -0.215. The Balaban J connectivity index is 1.52. The average Bonchev–Trinajstić information content (AvgIpc) is 3.07. The molecule has 4 aromatic rings. The molecule has 0 radical (unpaired) electrons. The minimum Gasteiger partial charge on any atom is -0.318 e. The van der Waals surface area contributed by atoms with E-state index in [4.69, 9.17) is 16.6 Å².